The summed E-state index contributed by atoms with van der Waals surface area (Å²) in [6.07, 6.45) is 10.5. The molecule has 4 aromatic rings. The third-order valence-corrected chi connectivity index (χ3v) is 6.17. The molecule has 6 rings (SSSR count). The Morgan fingerprint density at radius 2 is 1.93 bits per heavy atom. The fourth-order valence-corrected chi connectivity index (χ4v) is 4.27. The van der Waals surface area contributed by atoms with Crippen molar-refractivity contribution in [3.05, 3.63) is 36.4 Å². The van der Waals surface area contributed by atoms with Crippen LogP contribution in [-0.2, 0) is 0 Å². The number of aromatic amines is 1. The monoisotopic (exact) mass is 409 g/mol. The van der Waals surface area contributed by atoms with Crippen molar-refractivity contribution in [2.45, 2.75) is 56.4 Å². The standard InChI is InChI=1S/C21H21F2N7/c22-21(23)6-3-13(4-7-21)27-20-25-10-16-15(9-24-18(16)29-20)17-5-8-30-19(28-17)14(11-26-30)12-1-2-12/h5,8-13H,1-4,6-7H2,(H2,24,25,27,29). The molecule has 2 fully saturated rings. The Labute approximate surface area is 170 Å². The van der Waals surface area contributed by atoms with Gasteiger partial charge >= 0.3 is 0 Å². The highest BCUT2D eigenvalue weighted by Gasteiger charge is 2.35. The van der Waals surface area contributed by atoms with E-state index in [2.05, 4.69) is 25.4 Å². The molecule has 0 bridgehead atoms. The molecule has 0 amide bonds. The summed E-state index contributed by atoms with van der Waals surface area (Å²) in [5.74, 6) is -1.51. The van der Waals surface area contributed by atoms with E-state index in [0.29, 0.717) is 30.4 Å². The number of halogens is 2. The zero-order valence-corrected chi connectivity index (χ0v) is 16.3. The first-order chi connectivity index (χ1) is 14.6. The molecule has 2 N–H and O–H groups in total. The van der Waals surface area contributed by atoms with Crippen LogP contribution in [0.3, 0.4) is 0 Å². The van der Waals surface area contributed by atoms with Gasteiger partial charge in [-0.25, -0.2) is 23.3 Å². The quantitative estimate of drug-likeness (QED) is 0.517. The van der Waals surface area contributed by atoms with Crippen LogP contribution < -0.4 is 5.32 Å². The molecule has 0 atom stereocenters. The highest BCUT2D eigenvalue weighted by Crippen LogP contribution is 2.41. The highest BCUT2D eigenvalue weighted by molar-refractivity contribution is 5.92. The third kappa shape index (κ3) is 3.09. The molecule has 9 heteroatoms. The summed E-state index contributed by atoms with van der Waals surface area (Å²) >= 11 is 0. The number of H-pyrrole nitrogens is 1. The second-order valence-electron chi connectivity index (χ2n) is 8.39. The van der Waals surface area contributed by atoms with Crippen molar-refractivity contribution in [2.24, 2.45) is 0 Å². The molecule has 2 aliphatic carbocycles. The van der Waals surface area contributed by atoms with Crippen LogP contribution in [-0.4, -0.2) is 41.5 Å². The Morgan fingerprint density at radius 3 is 2.73 bits per heavy atom. The zero-order chi connectivity index (χ0) is 20.3. The lowest BCUT2D eigenvalue weighted by molar-refractivity contribution is -0.0361. The summed E-state index contributed by atoms with van der Waals surface area (Å²) in [6.45, 7) is 0. The van der Waals surface area contributed by atoms with Gasteiger partial charge in [-0.15, -0.1) is 0 Å². The van der Waals surface area contributed by atoms with E-state index in [9.17, 15) is 8.78 Å². The van der Waals surface area contributed by atoms with Crippen molar-refractivity contribution in [3.63, 3.8) is 0 Å². The topological polar surface area (TPSA) is 83.8 Å². The summed E-state index contributed by atoms with van der Waals surface area (Å²) in [5, 5.41) is 8.49. The molecule has 0 aromatic carbocycles. The molecule has 0 unspecified atom stereocenters. The second kappa shape index (κ2) is 6.45. The Hall–Kier alpha value is -3.10. The van der Waals surface area contributed by atoms with Gasteiger partial charge in [-0.2, -0.15) is 10.1 Å². The maximum atomic E-state index is 13.4. The fraction of sp³-hybridized carbons (Fsp3) is 0.429. The molecule has 0 spiro atoms. The number of alkyl halides is 2. The van der Waals surface area contributed by atoms with Crippen LogP contribution >= 0.6 is 0 Å². The van der Waals surface area contributed by atoms with E-state index in [1.165, 1.54) is 18.4 Å². The van der Waals surface area contributed by atoms with Gasteiger partial charge < -0.3 is 10.3 Å². The average Bonchev–Trinajstić information content (AvgIpc) is 3.35. The molecule has 2 saturated carbocycles. The first kappa shape index (κ1) is 17.7. The molecular formula is C21H21F2N7. The number of fused-ring (bicyclic) bond motifs is 2. The van der Waals surface area contributed by atoms with Crippen LogP contribution in [0.4, 0.5) is 14.7 Å². The van der Waals surface area contributed by atoms with Crippen LogP contribution in [0.1, 0.15) is 50.0 Å². The van der Waals surface area contributed by atoms with Gasteiger partial charge in [0.2, 0.25) is 11.9 Å². The summed E-state index contributed by atoms with van der Waals surface area (Å²) in [6, 6.07) is 1.91. The Bertz CT molecular complexity index is 1230. The van der Waals surface area contributed by atoms with E-state index in [-0.39, 0.29) is 18.9 Å². The number of hydrogen-bond acceptors (Lipinski definition) is 5. The van der Waals surface area contributed by atoms with Gasteiger partial charge in [-0.3, -0.25) is 0 Å². The van der Waals surface area contributed by atoms with Crippen molar-refractivity contribution in [1.29, 1.82) is 0 Å². The highest BCUT2D eigenvalue weighted by atomic mass is 19.3. The predicted molar refractivity (Wildman–Crippen MR) is 109 cm³/mol. The van der Waals surface area contributed by atoms with Crippen molar-refractivity contribution >= 4 is 22.6 Å². The summed E-state index contributed by atoms with van der Waals surface area (Å²) in [7, 11) is 0. The van der Waals surface area contributed by atoms with E-state index < -0.39 is 5.92 Å². The van der Waals surface area contributed by atoms with Gasteiger partial charge in [0.15, 0.2) is 5.65 Å². The number of anilines is 1. The minimum absolute atomic E-state index is 0.0247. The van der Waals surface area contributed by atoms with Crippen LogP contribution in [0, 0.1) is 0 Å². The summed E-state index contributed by atoms with van der Waals surface area (Å²) in [5.41, 5.74) is 4.57. The molecule has 0 aliphatic heterocycles. The summed E-state index contributed by atoms with van der Waals surface area (Å²) < 4.78 is 28.5. The molecule has 7 nitrogen and oxygen atoms in total. The van der Waals surface area contributed by atoms with Crippen molar-refractivity contribution < 1.29 is 8.78 Å². The average molecular weight is 409 g/mol. The van der Waals surface area contributed by atoms with Crippen LogP contribution in [0.5, 0.6) is 0 Å². The van der Waals surface area contributed by atoms with Crippen molar-refractivity contribution in [3.8, 4) is 11.3 Å². The van der Waals surface area contributed by atoms with E-state index in [0.717, 1.165) is 22.3 Å². The number of nitrogens with zero attached hydrogens (tertiary/aromatic N) is 5. The normalized spacial score (nSPS) is 19.5. The Balaban J connectivity index is 1.29. The number of hydrogen-bond donors (Lipinski definition) is 2. The lowest BCUT2D eigenvalue weighted by Crippen LogP contribution is -2.32. The molecule has 0 radical (unpaired) electrons. The van der Waals surface area contributed by atoms with Gasteiger partial charge in [0.1, 0.15) is 5.65 Å². The van der Waals surface area contributed by atoms with E-state index in [1.54, 1.807) is 6.20 Å². The summed E-state index contributed by atoms with van der Waals surface area (Å²) in [4.78, 5) is 17.0. The molecule has 2 aliphatic rings. The van der Waals surface area contributed by atoms with E-state index >= 15 is 0 Å². The third-order valence-electron chi connectivity index (χ3n) is 6.17. The SMILES string of the molecule is FC1(F)CCC(Nc2ncc3c(-c4ccn5ncc(C6CC6)c5n4)c[nH]c3n2)CC1. The molecular weight excluding hydrogens is 388 g/mol. The first-order valence-corrected chi connectivity index (χ1v) is 10.4. The largest absolute Gasteiger partial charge is 0.351 e. The van der Waals surface area contributed by atoms with Gasteiger partial charge in [-0.05, 0) is 37.7 Å². The molecule has 154 valence electrons. The van der Waals surface area contributed by atoms with Crippen LogP contribution in [0.25, 0.3) is 27.9 Å². The fourth-order valence-electron chi connectivity index (χ4n) is 4.27. The number of rotatable bonds is 4. The maximum absolute atomic E-state index is 13.4. The minimum Gasteiger partial charge on any atom is -0.351 e. The van der Waals surface area contributed by atoms with Gasteiger partial charge in [0, 0.05) is 54.0 Å². The van der Waals surface area contributed by atoms with Crippen molar-refractivity contribution in [2.75, 3.05) is 5.32 Å². The smallest absolute Gasteiger partial charge is 0.248 e. The minimum atomic E-state index is -2.54. The van der Waals surface area contributed by atoms with Crippen molar-refractivity contribution in [1.82, 2.24) is 29.5 Å². The first-order valence-electron chi connectivity index (χ1n) is 10.4. The Morgan fingerprint density at radius 1 is 1.10 bits per heavy atom. The molecule has 4 heterocycles. The van der Waals surface area contributed by atoms with Gasteiger partial charge in [0.25, 0.3) is 0 Å². The van der Waals surface area contributed by atoms with E-state index in [4.69, 9.17) is 4.98 Å². The predicted octanol–water partition coefficient (Wildman–Crippen LogP) is 4.53. The van der Waals surface area contributed by atoms with Crippen LogP contribution in [0.2, 0.25) is 0 Å². The molecule has 0 saturated heterocycles. The van der Waals surface area contributed by atoms with Gasteiger partial charge in [0.05, 0.1) is 11.9 Å². The molecule has 30 heavy (non-hydrogen) atoms. The van der Waals surface area contributed by atoms with Crippen LogP contribution in [0.15, 0.2) is 30.9 Å². The molecule has 4 aromatic heterocycles. The number of aromatic nitrogens is 6. The lowest BCUT2D eigenvalue weighted by atomic mass is 9.92. The maximum Gasteiger partial charge on any atom is 0.248 e. The number of nitrogens with one attached hydrogen (secondary N) is 2. The lowest BCUT2D eigenvalue weighted by Gasteiger charge is -2.28. The zero-order valence-electron chi connectivity index (χ0n) is 16.3. The van der Waals surface area contributed by atoms with E-state index in [1.807, 2.05) is 29.2 Å². The van der Waals surface area contributed by atoms with Gasteiger partial charge in [-0.1, -0.05) is 0 Å². The second-order valence-corrected chi connectivity index (χ2v) is 8.39. The Kier molecular flexibility index (Phi) is 3.81.